The van der Waals surface area contributed by atoms with Crippen molar-refractivity contribution in [2.45, 2.75) is 31.3 Å². The average molecular weight is 438 g/mol. The van der Waals surface area contributed by atoms with Crippen LogP contribution in [0.3, 0.4) is 0 Å². The molecule has 162 valence electrons. The van der Waals surface area contributed by atoms with E-state index in [2.05, 4.69) is 15.2 Å². The molecule has 2 bridgehead atoms. The molecule has 0 spiro atoms. The van der Waals surface area contributed by atoms with Gasteiger partial charge in [0.2, 0.25) is 0 Å². The van der Waals surface area contributed by atoms with Crippen LogP contribution in [-0.2, 0) is 13.5 Å². The fourth-order valence-electron chi connectivity index (χ4n) is 5.12. The Balaban J connectivity index is 1.43. The number of benzene rings is 1. The number of nitrogens with zero attached hydrogens (tertiary/aromatic N) is 6. The zero-order valence-electron chi connectivity index (χ0n) is 17.0. The van der Waals surface area contributed by atoms with Gasteiger partial charge in [-0.3, -0.25) is 9.48 Å². The maximum absolute atomic E-state index is 13.9. The van der Waals surface area contributed by atoms with Crippen LogP contribution in [0.2, 0.25) is 0 Å². The molecule has 6 rings (SSSR count). The van der Waals surface area contributed by atoms with E-state index < -0.39 is 17.5 Å². The van der Waals surface area contributed by atoms with E-state index in [1.807, 2.05) is 4.90 Å². The van der Waals surface area contributed by atoms with Gasteiger partial charge in [0, 0.05) is 36.6 Å². The summed E-state index contributed by atoms with van der Waals surface area (Å²) < 4.78 is 44.4. The smallest absolute Gasteiger partial charge is 0.260 e. The van der Waals surface area contributed by atoms with E-state index in [0.717, 1.165) is 30.5 Å². The number of amides is 1. The van der Waals surface area contributed by atoms with Crippen LogP contribution >= 0.6 is 0 Å². The molecule has 1 aromatic carbocycles. The van der Waals surface area contributed by atoms with E-state index in [-0.39, 0.29) is 23.6 Å². The molecule has 2 atom stereocenters. The molecular formula is C22H17F3N6O. The van der Waals surface area contributed by atoms with Crippen LogP contribution in [0.25, 0.3) is 16.9 Å². The first-order valence-corrected chi connectivity index (χ1v) is 10.3. The molecule has 0 saturated carbocycles. The number of halogens is 3. The second-order valence-corrected chi connectivity index (χ2v) is 8.20. The lowest BCUT2D eigenvalue weighted by molar-refractivity contribution is 0.0644. The Morgan fingerprint density at radius 2 is 1.94 bits per heavy atom. The van der Waals surface area contributed by atoms with Crippen LogP contribution < -0.4 is 0 Å². The maximum atomic E-state index is 13.9. The number of rotatable bonds is 2. The summed E-state index contributed by atoms with van der Waals surface area (Å²) in [6.07, 6.45) is 6.88. The molecule has 3 aromatic heterocycles. The fraction of sp³-hybridized carbons (Fsp3) is 0.273. The van der Waals surface area contributed by atoms with Gasteiger partial charge in [-0.25, -0.2) is 22.7 Å². The quantitative estimate of drug-likeness (QED) is 0.450. The van der Waals surface area contributed by atoms with Crippen LogP contribution in [0, 0.1) is 17.5 Å². The number of carbonyl (C=O) groups is 1. The normalized spacial score (nSPS) is 19.6. The van der Waals surface area contributed by atoms with Crippen molar-refractivity contribution in [1.29, 1.82) is 0 Å². The van der Waals surface area contributed by atoms with Crippen LogP contribution in [0.5, 0.6) is 0 Å². The number of hydrogen-bond donors (Lipinski definition) is 0. The zero-order valence-corrected chi connectivity index (χ0v) is 17.0. The van der Waals surface area contributed by atoms with Crippen molar-refractivity contribution in [3.8, 4) is 11.3 Å². The van der Waals surface area contributed by atoms with E-state index in [4.69, 9.17) is 0 Å². The molecular weight excluding hydrogens is 421 g/mol. The summed E-state index contributed by atoms with van der Waals surface area (Å²) in [6.45, 7) is 0. The highest BCUT2D eigenvalue weighted by molar-refractivity contribution is 6.00. The topological polar surface area (TPSA) is 68.3 Å². The molecule has 2 aliphatic rings. The molecule has 1 saturated heterocycles. The van der Waals surface area contributed by atoms with Crippen LogP contribution in [0.15, 0.2) is 36.8 Å². The van der Waals surface area contributed by atoms with E-state index >= 15 is 0 Å². The Kier molecular flexibility index (Phi) is 3.96. The standard InChI is InChI=1S/C22H17F3N6O/c1-29-20(11-7-15(23)18(25)16(24)8-11)13-9-12-3-4-17(19(13)28-29)31(12)22(32)14-10-27-30-6-2-5-26-21(14)30/h2,5-8,10,12,17H,3-4,9H2,1H3/t12-,17+/m1/s1. The predicted octanol–water partition coefficient (Wildman–Crippen LogP) is 3.45. The molecule has 0 N–H and O–H groups in total. The second-order valence-electron chi connectivity index (χ2n) is 8.20. The summed E-state index contributed by atoms with van der Waals surface area (Å²) in [5, 5.41) is 8.83. The molecule has 1 amide bonds. The van der Waals surface area contributed by atoms with E-state index in [1.54, 1.807) is 34.7 Å². The third-order valence-electron chi connectivity index (χ3n) is 6.44. The van der Waals surface area contributed by atoms with Crippen LogP contribution in [0.1, 0.15) is 40.5 Å². The lowest BCUT2D eigenvalue weighted by Crippen LogP contribution is -2.41. The summed E-state index contributed by atoms with van der Waals surface area (Å²) in [6, 6.07) is 3.36. The number of carbonyl (C=O) groups excluding carboxylic acids is 1. The van der Waals surface area contributed by atoms with Crippen molar-refractivity contribution in [2.75, 3.05) is 0 Å². The highest BCUT2D eigenvalue weighted by Crippen LogP contribution is 2.46. The fourth-order valence-corrected chi connectivity index (χ4v) is 5.12. The predicted molar refractivity (Wildman–Crippen MR) is 107 cm³/mol. The molecule has 0 radical (unpaired) electrons. The summed E-state index contributed by atoms with van der Waals surface area (Å²) in [4.78, 5) is 19.6. The van der Waals surface area contributed by atoms with Gasteiger partial charge in [-0.05, 0) is 37.5 Å². The lowest BCUT2D eigenvalue weighted by atomic mass is 9.94. The molecule has 32 heavy (non-hydrogen) atoms. The summed E-state index contributed by atoms with van der Waals surface area (Å²) in [7, 11) is 1.68. The molecule has 1 fully saturated rings. The average Bonchev–Trinajstić information content (AvgIpc) is 3.44. The van der Waals surface area contributed by atoms with Gasteiger partial charge in [0.1, 0.15) is 5.56 Å². The van der Waals surface area contributed by atoms with Crippen molar-refractivity contribution in [1.82, 2.24) is 29.3 Å². The Labute approximate surface area is 180 Å². The molecule has 0 unspecified atom stereocenters. The van der Waals surface area contributed by atoms with Crippen molar-refractivity contribution in [3.05, 3.63) is 71.1 Å². The van der Waals surface area contributed by atoms with Crippen molar-refractivity contribution in [3.63, 3.8) is 0 Å². The van der Waals surface area contributed by atoms with Crippen molar-refractivity contribution in [2.24, 2.45) is 7.05 Å². The minimum atomic E-state index is -1.50. The molecule has 0 aliphatic carbocycles. The second kappa shape index (κ2) is 6.65. The lowest BCUT2D eigenvalue weighted by Gasteiger charge is -2.34. The minimum Gasteiger partial charge on any atom is -0.326 e. The Hall–Kier alpha value is -3.69. The third-order valence-corrected chi connectivity index (χ3v) is 6.44. The first-order chi connectivity index (χ1) is 15.4. The first-order valence-electron chi connectivity index (χ1n) is 10.3. The van der Waals surface area contributed by atoms with Gasteiger partial charge < -0.3 is 4.90 Å². The SMILES string of the molecule is Cn1nc2c(c1-c1cc(F)c(F)c(F)c1)C[C@H]1CC[C@@H]2N1C(=O)c1cnn2cccnc12. The van der Waals surface area contributed by atoms with E-state index in [1.165, 1.54) is 6.20 Å². The molecule has 4 aromatic rings. The number of aryl methyl sites for hydroxylation is 1. The summed E-state index contributed by atoms with van der Waals surface area (Å²) >= 11 is 0. The monoisotopic (exact) mass is 438 g/mol. The van der Waals surface area contributed by atoms with Gasteiger partial charge in [0.05, 0.1) is 23.6 Å². The van der Waals surface area contributed by atoms with E-state index in [9.17, 15) is 18.0 Å². The summed E-state index contributed by atoms with van der Waals surface area (Å²) in [5.74, 6) is -4.15. The number of hydrogen-bond acceptors (Lipinski definition) is 4. The van der Waals surface area contributed by atoms with Crippen LogP contribution in [-0.4, -0.2) is 41.2 Å². The first kappa shape index (κ1) is 19.0. The number of fused-ring (bicyclic) bond motifs is 5. The largest absolute Gasteiger partial charge is 0.326 e. The van der Waals surface area contributed by atoms with Gasteiger partial charge in [0.15, 0.2) is 23.1 Å². The number of aromatic nitrogens is 5. The van der Waals surface area contributed by atoms with Crippen LogP contribution in [0.4, 0.5) is 13.2 Å². The third kappa shape index (κ3) is 2.55. The molecule has 7 nitrogen and oxygen atoms in total. The Morgan fingerprint density at radius 3 is 2.72 bits per heavy atom. The molecule has 10 heteroatoms. The highest BCUT2D eigenvalue weighted by atomic mass is 19.2. The molecule has 5 heterocycles. The van der Waals surface area contributed by atoms with Crippen molar-refractivity contribution >= 4 is 11.6 Å². The maximum Gasteiger partial charge on any atom is 0.260 e. The zero-order chi connectivity index (χ0) is 22.1. The van der Waals surface area contributed by atoms with Gasteiger partial charge >= 0.3 is 0 Å². The highest BCUT2D eigenvalue weighted by Gasteiger charge is 2.46. The molecule has 2 aliphatic heterocycles. The summed E-state index contributed by atoms with van der Waals surface area (Å²) in [5.41, 5.74) is 3.22. The Bertz CT molecular complexity index is 1390. The van der Waals surface area contributed by atoms with E-state index in [0.29, 0.717) is 29.0 Å². The van der Waals surface area contributed by atoms with Crippen molar-refractivity contribution < 1.29 is 18.0 Å². The van der Waals surface area contributed by atoms with Gasteiger partial charge in [-0.1, -0.05) is 0 Å². The van der Waals surface area contributed by atoms with Gasteiger partial charge in [0.25, 0.3) is 5.91 Å². The minimum absolute atomic E-state index is 0.0863. The van der Waals surface area contributed by atoms with Gasteiger partial charge in [-0.2, -0.15) is 10.2 Å². The Morgan fingerprint density at radius 1 is 1.16 bits per heavy atom. The van der Waals surface area contributed by atoms with Gasteiger partial charge in [-0.15, -0.1) is 0 Å².